The molecule has 1 heterocycles. The van der Waals surface area contributed by atoms with Gasteiger partial charge in [-0.3, -0.25) is 0 Å². The molecule has 0 aliphatic heterocycles. The van der Waals surface area contributed by atoms with E-state index >= 15 is 0 Å². The van der Waals surface area contributed by atoms with Crippen molar-refractivity contribution in [3.8, 4) is 0 Å². The van der Waals surface area contributed by atoms with Gasteiger partial charge in [0.25, 0.3) is 10.0 Å². The number of aryl methyl sites for hydroxylation is 2. The van der Waals surface area contributed by atoms with Gasteiger partial charge in [0.1, 0.15) is 5.82 Å². The molecule has 0 spiro atoms. The third-order valence-corrected chi connectivity index (χ3v) is 2.81. The molecule has 0 radical (unpaired) electrons. The average Bonchev–Trinajstić information content (AvgIpc) is 2.05. The Morgan fingerprint density at radius 2 is 1.92 bits per heavy atom. The lowest BCUT2D eigenvalue weighted by Gasteiger charge is -2.00. The summed E-state index contributed by atoms with van der Waals surface area (Å²) in [5.74, 6) is 0.636. The SMILES string of the molecule is Cc1nc(C)n(C)c1S(N)(=O)=O. The molecule has 68 valence electrons. The van der Waals surface area contributed by atoms with E-state index in [1.807, 2.05) is 0 Å². The smallest absolute Gasteiger partial charge is 0.255 e. The Labute approximate surface area is 71.3 Å². The summed E-state index contributed by atoms with van der Waals surface area (Å²) in [4.78, 5) is 3.98. The number of imidazole rings is 1. The fourth-order valence-electron chi connectivity index (χ4n) is 1.15. The van der Waals surface area contributed by atoms with Crippen molar-refractivity contribution < 1.29 is 8.42 Å². The van der Waals surface area contributed by atoms with Crippen molar-refractivity contribution in [2.45, 2.75) is 18.9 Å². The number of sulfonamides is 1. The van der Waals surface area contributed by atoms with E-state index < -0.39 is 10.0 Å². The summed E-state index contributed by atoms with van der Waals surface area (Å²) < 4.78 is 23.5. The predicted molar refractivity (Wildman–Crippen MR) is 44.1 cm³/mol. The zero-order chi connectivity index (χ0) is 9.52. The van der Waals surface area contributed by atoms with Gasteiger partial charge in [0.2, 0.25) is 0 Å². The topological polar surface area (TPSA) is 78.0 Å². The molecule has 0 atom stereocenters. The summed E-state index contributed by atoms with van der Waals surface area (Å²) in [7, 11) is -2.02. The van der Waals surface area contributed by atoms with E-state index in [0.717, 1.165) is 0 Å². The summed E-state index contributed by atoms with van der Waals surface area (Å²) in [5.41, 5.74) is 0.442. The molecule has 5 nitrogen and oxygen atoms in total. The molecule has 1 aromatic rings. The van der Waals surface area contributed by atoms with Gasteiger partial charge in [-0.05, 0) is 13.8 Å². The monoisotopic (exact) mass is 189 g/mol. The molecule has 1 aromatic heterocycles. The molecule has 12 heavy (non-hydrogen) atoms. The summed E-state index contributed by atoms with van der Waals surface area (Å²) in [5, 5.41) is 5.07. The normalized spacial score (nSPS) is 12.0. The van der Waals surface area contributed by atoms with E-state index in [1.165, 1.54) is 4.57 Å². The van der Waals surface area contributed by atoms with Crippen molar-refractivity contribution in [2.75, 3.05) is 0 Å². The number of hydrogen-bond donors (Lipinski definition) is 1. The molecule has 2 N–H and O–H groups in total. The van der Waals surface area contributed by atoms with Gasteiger partial charge in [0.05, 0.1) is 5.69 Å². The average molecular weight is 189 g/mol. The van der Waals surface area contributed by atoms with Crippen LogP contribution in [0.1, 0.15) is 11.5 Å². The Morgan fingerprint density at radius 1 is 1.42 bits per heavy atom. The fraction of sp³-hybridized carbons (Fsp3) is 0.500. The van der Waals surface area contributed by atoms with Gasteiger partial charge < -0.3 is 4.57 Å². The highest BCUT2D eigenvalue weighted by atomic mass is 32.2. The lowest BCUT2D eigenvalue weighted by molar-refractivity contribution is 0.585. The first-order valence-electron chi connectivity index (χ1n) is 3.36. The van der Waals surface area contributed by atoms with Crippen LogP contribution in [-0.4, -0.2) is 18.0 Å². The van der Waals surface area contributed by atoms with Crippen molar-refractivity contribution in [3.05, 3.63) is 11.5 Å². The summed E-state index contributed by atoms with van der Waals surface area (Å²) in [6, 6.07) is 0. The van der Waals surface area contributed by atoms with Crippen LogP contribution in [0.3, 0.4) is 0 Å². The number of nitrogens with zero attached hydrogens (tertiary/aromatic N) is 2. The Hall–Kier alpha value is -0.880. The highest BCUT2D eigenvalue weighted by molar-refractivity contribution is 7.89. The van der Waals surface area contributed by atoms with E-state index in [2.05, 4.69) is 4.98 Å². The number of nitrogens with two attached hydrogens (primary N) is 1. The van der Waals surface area contributed by atoms with Gasteiger partial charge in [-0.25, -0.2) is 18.5 Å². The maximum absolute atomic E-state index is 11.0. The number of aromatic nitrogens is 2. The maximum atomic E-state index is 11.0. The fourth-order valence-corrected chi connectivity index (χ4v) is 2.12. The van der Waals surface area contributed by atoms with Crippen LogP contribution in [0, 0.1) is 13.8 Å². The minimum absolute atomic E-state index is 0.0833. The zero-order valence-corrected chi connectivity index (χ0v) is 8.01. The Kier molecular flexibility index (Phi) is 1.97. The summed E-state index contributed by atoms with van der Waals surface area (Å²) in [6.45, 7) is 3.34. The van der Waals surface area contributed by atoms with E-state index in [1.54, 1.807) is 20.9 Å². The van der Waals surface area contributed by atoms with E-state index in [0.29, 0.717) is 11.5 Å². The highest BCUT2D eigenvalue weighted by Crippen LogP contribution is 2.12. The molecule has 0 fully saturated rings. The molecule has 0 saturated carbocycles. The van der Waals surface area contributed by atoms with Gasteiger partial charge in [0, 0.05) is 7.05 Å². The molecule has 0 saturated heterocycles. The van der Waals surface area contributed by atoms with Gasteiger partial charge in [-0.15, -0.1) is 0 Å². The van der Waals surface area contributed by atoms with Gasteiger partial charge >= 0.3 is 0 Å². The lowest BCUT2D eigenvalue weighted by Crippen LogP contribution is -2.17. The summed E-state index contributed by atoms with van der Waals surface area (Å²) in [6.07, 6.45) is 0. The first-order valence-corrected chi connectivity index (χ1v) is 4.91. The van der Waals surface area contributed by atoms with Crippen LogP contribution < -0.4 is 5.14 Å². The Bertz CT molecular complexity index is 405. The molecule has 0 aromatic carbocycles. The van der Waals surface area contributed by atoms with Crippen LogP contribution in [0.5, 0.6) is 0 Å². The van der Waals surface area contributed by atoms with Gasteiger partial charge in [0.15, 0.2) is 5.03 Å². The predicted octanol–water partition coefficient (Wildman–Crippen LogP) is -0.316. The minimum Gasteiger partial charge on any atom is -0.321 e. The molecule has 1 rings (SSSR count). The maximum Gasteiger partial charge on any atom is 0.255 e. The van der Waals surface area contributed by atoms with Crippen LogP contribution in [0.4, 0.5) is 0 Å². The molecular weight excluding hydrogens is 178 g/mol. The van der Waals surface area contributed by atoms with Crippen molar-refractivity contribution >= 4 is 10.0 Å². The van der Waals surface area contributed by atoms with Crippen molar-refractivity contribution in [2.24, 2.45) is 12.2 Å². The number of primary sulfonamides is 1. The number of rotatable bonds is 1. The quantitative estimate of drug-likeness (QED) is 0.658. The second kappa shape index (κ2) is 2.56. The Morgan fingerprint density at radius 3 is 2.08 bits per heavy atom. The van der Waals surface area contributed by atoms with Crippen LogP contribution >= 0.6 is 0 Å². The van der Waals surface area contributed by atoms with Crippen LogP contribution in [0.15, 0.2) is 5.03 Å². The van der Waals surface area contributed by atoms with Crippen molar-refractivity contribution in [3.63, 3.8) is 0 Å². The lowest BCUT2D eigenvalue weighted by atomic mass is 10.6. The molecule has 0 aliphatic rings. The Balaban J connectivity index is 3.54. The first-order chi connectivity index (χ1) is 5.34. The van der Waals surface area contributed by atoms with E-state index in [4.69, 9.17) is 5.14 Å². The third kappa shape index (κ3) is 1.35. The molecule has 0 amide bonds. The first kappa shape index (κ1) is 9.21. The van der Waals surface area contributed by atoms with E-state index in [9.17, 15) is 8.42 Å². The van der Waals surface area contributed by atoms with Crippen molar-refractivity contribution in [1.29, 1.82) is 0 Å². The van der Waals surface area contributed by atoms with Crippen LogP contribution in [0.25, 0.3) is 0 Å². The molecule has 0 aliphatic carbocycles. The van der Waals surface area contributed by atoms with Gasteiger partial charge in [-0.1, -0.05) is 0 Å². The second-order valence-corrected chi connectivity index (χ2v) is 4.13. The van der Waals surface area contributed by atoms with Crippen molar-refractivity contribution in [1.82, 2.24) is 9.55 Å². The molecule has 6 heteroatoms. The molecule has 0 unspecified atom stereocenters. The van der Waals surface area contributed by atoms with Crippen LogP contribution in [0.2, 0.25) is 0 Å². The molecular formula is C6H11N3O2S. The standard InChI is InChI=1S/C6H11N3O2S/c1-4-6(12(7,10)11)9(3)5(2)8-4/h1-3H3,(H2,7,10,11). The molecule has 0 bridgehead atoms. The van der Waals surface area contributed by atoms with Gasteiger partial charge in [-0.2, -0.15) is 0 Å². The second-order valence-electron chi connectivity index (χ2n) is 2.65. The highest BCUT2D eigenvalue weighted by Gasteiger charge is 2.18. The van der Waals surface area contributed by atoms with E-state index in [-0.39, 0.29) is 5.03 Å². The largest absolute Gasteiger partial charge is 0.321 e. The minimum atomic E-state index is -3.64. The van der Waals surface area contributed by atoms with Crippen LogP contribution in [-0.2, 0) is 17.1 Å². The zero-order valence-electron chi connectivity index (χ0n) is 7.20. The third-order valence-electron chi connectivity index (χ3n) is 1.70. The summed E-state index contributed by atoms with van der Waals surface area (Å²) >= 11 is 0. The number of hydrogen-bond acceptors (Lipinski definition) is 3.